The number of carbonyl (C=O) groups is 2. The molecule has 0 aliphatic heterocycles. The third kappa shape index (κ3) is 8.61. The molecule has 222 valence electrons. The standard InChI is InChI=1S/C36H37NO6/c1-40-36(39)34(23-26-11-16-32(17-12-26)43-25-27-7-3-2-4-8-27)37-35(38)29-14-18-31(19-15-29)41-21-22-42-33-20-13-28-9-5-6-10-30(28)24-33/h2-4,7-8,11-20,24,34H,5-6,9-10,21-23,25H2,1H3,(H,37,38)/t34-/m0/s1. The Bertz CT molecular complexity index is 1480. The van der Waals surface area contributed by atoms with Crippen LogP contribution < -0.4 is 19.5 Å². The van der Waals surface area contributed by atoms with E-state index in [1.165, 1.54) is 31.1 Å². The van der Waals surface area contributed by atoms with Crippen molar-refractivity contribution < 1.29 is 28.5 Å². The molecule has 4 aromatic carbocycles. The number of benzene rings is 4. The number of carbonyl (C=O) groups excluding carboxylic acids is 2. The minimum absolute atomic E-state index is 0.281. The summed E-state index contributed by atoms with van der Waals surface area (Å²) in [5.74, 6) is 1.32. The van der Waals surface area contributed by atoms with Crippen molar-refractivity contribution in [1.29, 1.82) is 0 Å². The lowest BCUT2D eigenvalue weighted by molar-refractivity contribution is -0.142. The van der Waals surface area contributed by atoms with Gasteiger partial charge in [0, 0.05) is 12.0 Å². The minimum atomic E-state index is -0.842. The van der Waals surface area contributed by atoms with Crippen molar-refractivity contribution >= 4 is 11.9 Å². The number of esters is 1. The van der Waals surface area contributed by atoms with Gasteiger partial charge in [-0.15, -0.1) is 0 Å². The van der Waals surface area contributed by atoms with Crippen LogP contribution in [0.25, 0.3) is 0 Å². The maximum Gasteiger partial charge on any atom is 0.328 e. The molecule has 0 aromatic heterocycles. The summed E-state index contributed by atoms with van der Waals surface area (Å²) in [6.45, 7) is 1.26. The normalized spacial score (nSPS) is 12.9. The number of amides is 1. The monoisotopic (exact) mass is 579 g/mol. The molecule has 0 bridgehead atoms. The first kappa shape index (κ1) is 29.7. The van der Waals surface area contributed by atoms with Crippen molar-refractivity contribution in [2.45, 2.75) is 44.8 Å². The highest BCUT2D eigenvalue weighted by molar-refractivity contribution is 5.96. The Hall–Kier alpha value is -4.78. The fourth-order valence-corrected chi connectivity index (χ4v) is 5.10. The van der Waals surface area contributed by atoms with Crippen LogP contribution in [0.15, 0.2) is 97.1 Å². The second-order valence-electron chi connectivity index (χ2n) is 10.5. The summed E-state index contributed by atoms with van der Waals surface area (Å²) < 4.78 is 22.5. The first-order valence-electron chi connectivity index (χ1n) is 14.7. The Morgan fingerprint density at radius 3 is 2.05 bits per heavy atom. The Labute approximate surface area is 252 Å². The van der Waals surface area contributed by atoms with Crippen LogP contribution in [-0.4, -0.2) is 38.2 Å². The number of methoxy groups -OCH3 is 1. The predicted molar refractivity (Wildman–Crippen MR) is 165 cm³/mol. The molecule has 0 saturated heterocycles. The summed E-state index contributed by atoms with van der Waals surface area (Å²) in [7, 11) is 1.31. The molecule has 1 N–H and O–H groups in total. The number of fused-ring (bicyclic) bond motifs is 1. The van der Waals surface area contributed by atoms with Crippen LogP contribution in [0.2, 0.25) is 0 Å². The summed E-state index contributed by atoms with van der Waals surface area (Å²) in [6.07, 6.45) is 5.03. The molecular formula is C36H37NO6. The lowest BCUT2D eigenvalue weighted by atomic mass is 9.92. The molecule has 0 heterocycles. The minimum Gasteiger partial charge on any atom is -0.490 e. The average Bonchev–Trinajstić information content (AvgIpc) is 3.06. The zero-order valence-corrected chi connectivity index (χ0v) is 24.4. The van der Waals surface area contributed by atoms with E-state index in [0.717, 1.165) is 35.5 Å². The lowest BCUT2D eigenvalue weighted by Crippen LogP contribution is -2.43. The highest BCUT2D eigenvalue weighted by Gasteiger charge is 2.23. The molecule has 0 spiro atoms. The molecule has 1 amide bonds. The molecular weight excluding hydrogens is 542 g/mol. The van der Waals surface area contributed by atoms with E-state index in [1.807, 2.05) is 60.7 Å². The van der Waals surface area contributed by atoms with Gasteiger partial charge in [-0.05, 0) is 96.5 Å². The molecule has 0 fully saturated rings. The number of aryl methyl sites for hydroxylation is 2. The number of nitrogens with one attached hydrogen (secondary N) is 1. The maximum absolute atomic E-state index is 13.0. The van der Waals surface area contributed by atoms with Gasteiger partial charge in [-0.25, -0.2) is 4.79 Å². The van der Waals surface area contributed by atoms with Gasteiger partial charge in [-0.2, -0.15) is 0 Å². The summed E-state index contributed by atoms with van der Waals surface area (Å²) >= 11 is 0. The van der Waals surface area contributed by atoms with Crippen molar-refractivity contribution in [3.63, 3.8) is 0 Å². The summed E-state index contributed by atoms with van der Waals surface area (Å²) in [4.78, 5) is 25.5. The highest BCUT2D eigenvalue weighted by Crippen LogP contribution is 2.25. The van der Waals surface area contributed by atoms with Gasteiger partial charge in [-0.3, -0.25) is 4.79 Å². The van der Waals surface area contributed by atoms with Crippen molar-refractivity contribution in [1.82, 2.24) is 5.32 Å². The molecule has 0 saturated carbocycles. The molecule has 43 heavy (non-hydrogen) atoms. The number of hydrogen-bond acceptors (Lipinski definition) is 6. The van der Waals surface area contributed by atoms with E-state index in [0.29, 0.717) is 31.1 Å². The van der Waals surface area contributed by atoms with Crippen LogP contribution in [0.1, 0.15) is 45.5 Å². The van der Waals surface area contributed by atoms with Gasteiger partial charge in [0.25, 0.3) is 5.91 Å². The summed E-state index contributed by atoms with van der Waals surface area (Å²) in [6, 6.07) is 29.7. The molecule has 4 aromatic rings. The zero-order chi connectivity index (χ0) is 29.9. The molecule has 0 radical (unpaired) electrons. The Morgan fingerprint density at radius 2 is 1.33 bits per heavy atom. The third-order valence-electron chi connectivity index (χ3n) is 7.46. The molecule has 5 rings (SSSR count). The van der Waals surface area contributed by atoms with Crippen LogP contribution in [0.4, 0.5) is 0 Å². The Morgan fingerprint density at radius 1 is 0.698 bits per heavy atom. The van der Waals surface area contributed by atoms with Crippen LogP contribution in [-0.2, 0) is 35.4 Å². The van der Waals surface area contributed by atoms with Gasteiger partial charge >= 0.3 is 5.97 Å². The highest BCUT2D eigenvalue weighted by atomic mass is 16.5. The average molecular weight is 580 g/mol. The fraction of sp³-hybridized carbons (Fsp3) is 0.278. The van der Waals surface area contributed by atoms with Gasteiger partial charge < -0.3 is 24.3 Å². The molecule has 7 heteroatoms. The van der Waals surface area contributed by atoms with E-state index in [2.05, 4.69) is 17.4 Å². The van der Waals surface area contributed by atoms with Crippen LogP contribution in [0.5, 0.6) is 17.2 Å². The van der Waals surface area contributed by atoms with Crippen LogP contribution >= 0.6 is 0 Å². The van der Waals surface area contributed by atoms with Crippen molar-refractivity contribution in [3.8, 4) is 17.2 Å². The van der Waals surface area contributed by atoms with Gasteiger partial charge in [-0.1, -0.05) is 48.5 Å². The SMILES string of the molecule is COC(=O)[C@H](Cc1ccc(OCc2ccccc2)cc1)NC(=O)c1ccc(OCCOc2ccc3c(c2)CCCC3)cc1. The van der Waals surface area contributed by atoms with Crippen LogP contribution in [0.3, 0.4) is 0 Å². The van der Waals surface area contributed by atoms with E-state index >= 15 is 0 Å². The van der Waals surface area contributed by atoms with Crippen molar-refractivity contribution in [3.05, 3.63) is 125 Å². The second kappa shape index (κ2) is 14.9. The Kier molecular flexibility index (Phi) is 10.3. The smallest absolute Gasteiger partial charge is 0.328 e. The van der Waals surface area contributed by atoms with Gasteiger partial charge in [0.2, 0.25) is 0 Å². The van der Waals surface area contributed by atoms with Crippen molar-refractivity contribution in [2.75, 3.05) is 20.3 Å². The zero-order valence-electron chi connectivity index (χ0n) is 24.4. The summed E-state index contributed by atoms with van der Waals surface area (Å²) in [5, 5.41) is 2.80. The molecule has 0 unspecified atom stereocenters. The summed E-state index contributed by atoms with van der Waals surface area (Å²) in [5.41, 5.74) is 5.17. The molecule has 1 atom stereocenters. The van der Waals surface area contributed by atoms with E-state index in [-0.39, 0.29) is 12.3 Å². The van der Waals surface area contributed by atoms with E-state index in [1.54, 1.807) is 24.3 Å². The van der Waals surface area contributed by atoms with Gasteiger partial charge in [0.15, 0.2) is 0 Å². The fourth-order valence-electron chi connectivity index (χ4n) is 5.10. The first-order valence-corrected chi connectivity index (χ1v) is 14.7. The van der Waals surface area contributed by atoms with E-state index < -0.39 is 12.0 Å². The largest absolute Gasteiger partial charge is 0.490 e. The predicted octanol–water partition coefficient (Wildman–Crippen LogP) is 6.12. The Balaban J connectivity index is 1.09. The lowest BCUT2D eigenvalue weighted by Gasteiger charge is -2.17. The van der Waals surface area contributed by atoms with Gasteiger partial charge in [0.05, 0.1) is 7.11 Å². The van der Waals surface area contributed by atoms with Crippen LogP contribution in [0, 0.1) is 0 Å². The van der Waals surface area contributed by atoms with Crippen molar-refractivity contribution in [2.24, 2.45) is 0 Å². The quantitative estimate of drug-likeness (QED) is 0.152. The number of rotatable bonds is 13. The first-order chi connectivity index (χ1) is 21.1. The van der Waals surface area contributed by atoms with E-state index in [9.17, 15) is 9.59 Å². The topological polar surface area (TPSA) is 83.1 Å². The molecule has 7 nitrogen and oxygen atoms in total. The molecule has 1 aliphatic carbocycles. The maximum atomic E-state index is 13.0. The third-order valence-corrected chi connectivity index (χ3v) is 7.46. The van der Waals surface area contributed by atoms with Gasteiger partial charge in [0.1, 0.15) is 43.1 Å². The van der Waals surface area contributed by atoms with E-state index in [4.69, 9.17) is 18.9 Å². The number of hydrogen-bond donors (Lipinski definition) is 1. The molecule has 1 aliphatic rings. The second-order valence-corrected chi connectivity index (χ2v) is 10.5. The number of ether oxygens (including phenoxy) is 4.